The molecule has 0 aromatic heterocycles. The van der Waals surface area contributed by atoms with Gasteiger partial charge in [0.25, 0.3) is 0 Å². The lowest BCUT2D eigenvalue weighted by atomic mass is 10.1. The summed E-state index contributed by atoms with van der Waals surface area (Å²) in [6.07, 6.45) is 0. The number of carbonyl (C=O) groups is 2. The maximum Gasteiger partial charge on any atom is 0.327 e. The summed E-state index contributed by atoms with van der Waals surface area (Å²) in [5.41, 5.74) is 1.48. The van der Waals surface area contributed by atoms with Crippen molar-refractivity contribution in [1.82, 2.24) is 10.2 Å². The first-order valence-electron chi connectivity index (χ1n) is 6.10. The van der Waals surface area contributed by atoms with Crippen LogP contribution in [0.2, 0.25) is 0 Å². The highest BCUT2D eigenvalue weighted by Crippen LogP contribution is 2.07. The molecule has 0 aliphatic carbocycles. The zero-order valence-electron chi connectivity index (χ0n) is 11.5. The number of benzene rings is 1. The third kappa shape index (κ3) is 5.08. The molecule has 0 fully saturated rings. The minimum atomic E-state index is -1.07. The monoisotopic (exact) mass is 275 g/mol. The molecule has 1 atom stereocenters. The summed E-state index contributed by atoms with van der Waals surface area (Å²) in [6, 6.07) is 8.22. The largest absolute Gasteiger partial charge is 0.480 e. The van der Waals surface area contributed by atoms with Crippen molar-refractivity contribution in [1.29, 1.82) is 5.26 Å². The number of hydrogen-bond acceptors (Lipinski definition) is 4. The molecule has 0 spiro atoms. The Kier molecular flexibility index (Phi) is 5.69. The SMILES string of the molecule is CC(=O)NC(CN(C)Cc1cccc(C#N)c1)C(=O)O. The van der Waals surface area contributed by atoms with Crippen LogP contribution in [0.4, 0.5) is 0 Å². The molecule has 0 saturated heterocycles. The second kappa shape index (κ2) is 7.26. The molecule has 1 unspecified atom stereocenters. The van der Waals surface area contributed by atoms with E-state index in [4.69, 9.17) is 10.4 Å². The fourth-order valence-electron chi connectivity index (χ4n) is 1.86. The lowest BCUT2D eigenvalue weighted by molar-refractivity contribution is -0.142. The van der Waals surface area contributed by atoms with Gasteiger partial charge in [-0.2, -0.15) is 5.26 Å². The minimum Gasteiger partial charge on any atom is -0.480 e. The number of likely N-dealkylation sites (N-methyl/N-ethyl adjacent to an activating group) is 1. The Morgan fingerprint density at radius 2 is 2.20 bits per heavy atom. The van der Waals surface area contributed by atoms with Crippen molar-refractivity contribution in [3.05, 3.63) is 35.4 Å². The van der Waals surface area contributed by atoms with E-state index in [0.717, 1.165) is 5.56 Å². The Hall–Kier alpha value is -2.39. The lowest BCUT2D eigenvalue weighted by Crippen LogP contribution is -2.46. The normalized spacial score (nSPS) is 11.7. The van der Waals surface area contributed by atoms with Gasteiger partial charge >= 0.3 is 5.97 Å². The van der Waals surface area contributed by atoms with Crippen molar-refractivity contribution in [2.75, 3.05) is 13.6 Å². The standard InChI is InChI=1S/C14H17N3O3/c1-10(18)16-13(14(19)20)9-17(2)8-12-5-3-4-11(6-12)7-15/h3-6,13H,8-9H2,1-2H3,(H,16,18)(H,19,20). The van der Waals surface area contributed by atoms with Crippen molar-refractivity contribution in [2.24, 2.45) is 0 Å². The van der Waals surface area contributed by atoms with Crippen LogP contribution in [0.3, 0.4) is 0 Å². The van der Waals surface area contributed by atoms with Gasteiger partial charge in [-0.05, 0) is 24.7 Å². The minimum absolute atomic E-state index is 0.186. The van der Waals surface area contributed by atoms with Gasteiger partial charge in [-0.25, -0.2) is 4.79 Å². The zero-order chi connectivity index (χ0) is 15.1. The lowest BCUT2D eigenvalue weighted by Gasteiger charge is -2.21. The summed E-state index contributed by atoms with van der Waals surface area (Å²) < 4.78 is 0. The number of nitrogens with one attached hydrogen (secondary N) is 1. The summed E-state index contributed by atoms with van der Waals surface area (Å²) in [5, 5.41) is 20.2. The number of rotatable bonds is 6. The highest BCUT2D eigenvalue weighted by Gasteiger charge is 2.20. The van der Waals surface area contributed by atoms with E-state index in [-0.39, 0.29) is 12.5 Å². The fourth-order valence-corrected chi connectivity index (χ4v) is 1.86. The number of carbonyl (C=O) groups excluding carboxylic acids is 1. The van der Waals surface area contributed by atoms with Gasteiger partial charge in [0.15, 0.2) is 0 Å². The molecule has 0 aliphatic rings. The molecule has 0 aliphatic heterocycles. The molecule has 0 radical (unpaired) electrons. The van der Waals surface area contributed by atoms with Crippen LogP contribution in [0.1, 0.15) is 18.1 Å². The molecule has 1 aromatic carbocycles. The molecular formula is C14H17N3O3. The second-order valence-electron chi connectivity index (χ2n) is 4.60. The first-order valence-corrected chi connectivity index (χ1v) is 6.10. The summed E-state index contributed by atoms with van der Waals surface area (Å²) >= 11 is 0. The molecular weight excluding hydrogens is 258 g/mol. The van der Waals surface area contributed by atoms with Crippen molar-refractivity contribution >= 4 is 11.9 Å². The van der Waals surface area contributed by atoms with Crippen LogP contribution in [0.25, 0.3) is 0 Å². The van der Waals surface area contributed by atoms with Crippen LogP contribution in [-0.4, -0.2) is 41.5 Å². The molecule has 106 valence electrons. The molecule has 0 saturated carbocycles. The highest BCUT2D eigenvalue weighted by molar-refractivity contribution is 5.82. The summed E-state index contributed by atoms with van der Waals surface area (Å²) in [4.78, 5) is 23.8. The van der Waals surface area contributed by atoms with Gasteiger partial charge in [0.05, 0.1) is 11.6 Å². The Balaban J connectivity index is 2.65. The average Bonchev–Trinajstić information content (AvgIpc) is 2.37. The van der Waals surface area contributed by atoms with Gasteiger partial charge in [0.1, 0.15) is 6.04 Å². The van der Waals surface area contributed by atoms with Gasteiger partial charge < -0.3 is 10.4 Å². The van der Waals surface area contributed by atoms with E-state index in [1.165, 1.54) is 6.92 Å². The van der Waals surface area contributed by atoms with Crippen LogP contribution in [0.15, 0.2) is 24.3 Å². The molecule has 20 heavy (non-hydrogen) atoms. The first-order chi connectivity index (χ1) is 9.42. The highest BCUT2D eigenvalue weighted by atomic mass is 16.4. The molecule has 0 heterocycles. The smallest absolute Gasteiger partial charge is 0.327 e. The number of aliphatic carboxylic acids is 1. The van der Waals surface area contributed by atoms with Crippen molar-refractivity contribution in [3.8, 4) is 6.07 Å². The predicted molar refractivity (Wildman–Crippen MR) is 72.7 cm³/mol. The number of amides is 1. The van der Waals surface area contributed by atoms with Crippen LogP contribution < -0.4 is 5.32 Å². The molecule has 6 heteroatoms. The maximum absolute atomic E-state index is 11.0. The molecule has 1 amide bonds. The molecule has 1 aromatic rings. The molecule has 0 bridgehead atoms. The Morgan fingerprint density at radius 1 is 1.50 bits per heavy atom. The van der Waals surface area contributed by atoms with E-state index in [2.05, 4.69) is 11.4 Å². The number of nitriles is 1. The predicted octanol–water partition coefficient (Wildman–Crippen LogP) is 0.579. The summed E-state index contributed by atoms with van der Waals surface area (Å²) in [6.45, 7) is 1.97. The average molecular weight is 275 g/mol. The fraction of sp³-hybridized carbons (Fsp3) is 0.357. The molecule has 2 N–H and O–H groups in total. The van der Waals surface area contributed by atoms with Gasteiger partial charge in [-0.3, -0.25) is 9.69 Å². The second-order valence-corrected chi connectivity index (χ2v) is 4.60. The van der Waals surface area contributed by atoms with E-state index in [1.54, 1.807) is 30.1 Å². The summed E-state index contributed by atoms with van der Waals surface area (Å²) in [5.74, 6) is -1.45. The number of nitrogens with zero attached hydrogens (tertiary/aromatic N) is 2. The van der Waals surface area contributed by atoms with Gasteiger partial charge in [-0.15, -0.1) is 0 Å². The number of hydrogen-bond donors (Lipinski definition) is 2. The van der Waals surface area contributed by atoms with Crippen molar-refractivity contribution in [3.63, 3.8) is 0 Å². The zero-order valence-corrected chi connectivity index (χ0v) is 11.5. The number of carboxylic acids is 1. The van der Waals surface area contributed by atoms with Crippen molar-refractivity contribution in [2.45, 2.75) is 19.5 Å². The Morgan fingerprint density at radius 3 is 2.75 bits per heavy atom. The Bertz CT molecular complexity index is 537. The summed E-state index contributed by atoms with van der Waals surface area (Å²) in [7, 11) is 1.76. The van der Waals surface area contributed by atoms with Crippen LogP contribution in [0.5, 0.6) is 0 Å². The van der Waals surface area contributed by atoms with E-state index < -0.39 is 12.0 Å². The van der Waals surface area contributed by atoms with Crippen LogP contribution >= 0.6 is 0 Å². The molecule has 1 rings (SSSR count). The van der Waals surface area contributed by atoms with E-state index >= 15 is 0 Å². The third-order valence-electron chi connectivity index (χ3n) is 2.68. The van der Waals surface area contributed by atoms with Gasteiger partial charge in [0.2, 0.25) is 5.91 Å². The maximum atomic E-state index is 11.0. The molecule has 6 nitrogen and oxygen atoms in total. The van der Waals surface area contributed by atoms with E-state index in [9.17, 15) is 9.59 Å². The van der Waals surface area contributed by atoms with Crippen molar-refractivity contribution < 1.29 is 14.7 Å². The number of carboxylic acid groups (broad SMARTS) is 1. The topological polar surface area (TPSA) is 93.4 Å². The third-order valence-corrected chi connectivity index (χ3v) is 2.68. The van der Waals surface area contributed by atoms with E-state index in [1.807, 2.05) is 6.07 Å². The van der Waals surface area contributed by atoms with Gasteiger partial charge in [-0.1, -0.05) is 12.1 Å². The quantitative estimate of drug-likeness (QED) is 0.792. The Labute approximate surface area is 117 Å². The van der Waals surface area contributed by atoms with Gasteiger partial charge in [0, 0.05) is 20.0 Å². The van der Waals surface area contributed by atoms with E-state index in [0.29, 0.717) is 12.1 Å². The van der Waals surface area contributed by atoms with Crippen LogP contribution in [-0.2, 0) is 16.1 Å². The van der Waals surface area contributed by atoms with Crippen LogP contribution in [0, 0.1) is 11.3 Å². The first kappa shape index (κ1) is 15.7.